The largest absolute Gasteiger partial charge is 0.352 e. The van der Waals surface area contributed by atoms with Crippen LogP contribution < -0.4 is 14.9 Å². The zero-order chi connectivity index (χ0) is 21.7. The predicted octanol–water partition coefficient (Wildman–Crippen LogP) is 3.25. The summed E-state index contributed by atoms with van der Waals surface area (Å²) in [6, 6.07) is 13.3. The van der Waals surface area contributed by atoms with Crippen LogP contribution >= 0.6 is 0 Å². The van der Waals surface area contributed by atoms with Crippen LogP contribution in [0.15, 0.2) is 48.5 Å². The van der Waals surface area contributed by atoms with E-state index in [-0.39, 0.29) is 11.7 Å². The molecular weight excluding hydrogens is 402 g/mol. The number of carbonyl (C=O) groups is 2. The highest BCUT2D eigenvalue weighted by Crippen LogP contribution is 2.25. The van der Waals surface area contributed by atoms with Gasteiger partial charge in [-0.3, -0.25) is 13.9 Å². The van der Waals surface area contributed by atoms with Crippen molar-refractivity contribution < 1.29 is 18.0 Å². The Morgan fingerprint density at radius 1 is 1.03 bits per heavy atom. The summed E-state index contributed by atoms with van der Waals surface area (Å²) in [5.41, 5.74) is 1.58. The number of anilines is 2. The van der Waals surface area contributed by atoms with E-state index in [4.69, 9.17) is 0 Å². The number of carbonyl (C=O) groups excluding carboxylic acids is 2. The van der Waals surface area contributed by atoms with Gasteiger partial charge < -0.3 is 10.6 Å². The van der Waals surface area contributed by atoms with E-state index in [1.165, 1.54) is 4.31 Å². The van der Waals surface area contributed by atoms with Crippen LogP contribution in [0.2, 0.25) is 0 Å². The monoisotopic (exact) mass is 429 g/mol. The summed E-state index contributed by atoms with van der Waals surface area (Å²) in [5, 5.41) is 5.63. The predicted molar refractivity (Wildman–Crippen MR) is 118 cm³/mol. The molecule has 3 rings (SSSR count). The van der Waals surface area contributed by atoms with Gasteiger partial charge in [-0.05, 0) is 49.1 Å². The van der Waals surface area contributed by atoms with E-state index in [0.717, 1.165) is 6.42 Å². The number of para-hydroxylation sites is 1. The third-order valence-electron chi connectivity index (χ3n) is 4.84. The lowest BCUT2D eigenvalue weighted by atomic mass is 10.1. The summed E-state index contributed by atoms with van der Waals surface area (Å²) in [6.45, 7) is 4.95. The first-order chi connectivity index (χ1) is 14.3. The summed E-state index contributed by atoms with van der Waals surface area (Å²) >= 11 is 0. The van der Waals surface area contributed by atoms with Gasteiger partial charge in [0.2, 0.25) is 10.0 Å². The molecule has 2 aromatic rings. The fourth-order valence-electron chi connectivity index (χ4n) is 3.26. The maximum absolute atomic E-state index is 12.8. The van der Waals surface area contributed by atoms with Gasteiger partial charge in [-0.25, -0.2) is 8.42 Å². The van der Waals surface area contributed by atoms with E-state index >= 15 is 0 Å². The molecular formula is C22H27N3O4S. The minimum atomic E-state index is -3.36. The van der Waals surface area contributed by atoms with Crippen LogP contribution in [0, 0.1) is 5.92 Å². The third kappa shape index (κ3) is 5.18. The second-order valence-corrected chi connectivity index (χ2v) is 9.76. The number of amides is 2. The van der Waals surface area contributed by atoms with Gasteiger partial charge in [0.1, 0.15) is 0 Å². The first-order valence-corrected chi connectivity index (χ1v) is 11.7. The van der Waals surface area contributed by atoms with Crippen molar-refractivity contribution in [3.05, 3.63) is 59.7 Å². The van der Waals surface area contributed by atoms with Gasteiger partial charge in [0.05, 0.1) is 22.7 Å². The lowest BCUT2D eigenvalue weighted by Gasteiger charge is -2.28. The van der Waals surface area contributed by atoms with Crippen molar-refractivity contribution in [1.29, 1.82) is 0 Å². The Morgan fingerprint density at radius 3 is 2.53 bits per heavy atom. The number of nitrogens with one attached hydrogen (secondary N) is 2. The zero-order valence-electron chi connectivity index (χ0n) is 17.2. The first-order valence-electron chi connectivity index (χ1n) is 10.1. The number of hydrogen-bond donors (Lipinski definition) is 2. The number of sulfonamides is 1. The SMILES string of the molecule is CC(C)CNC(=O)c1ccccc1NC(=O)c1cccc(N2CCCCS2(=O)=O)c1. The number of hydrogen-bond acceptors (Lipinski definition) is 4. The fourth-order valence-corrected chi connectivity index (χ4v) is 4.89. The van der Waals surface area contributed by atoms with Crippen LogP contribution in [-0.2, 0) is 10.0 Å². The molecule has 1 saturated heterocycles. The van der Waals surface area contributed by atoms with Gasteiger partial charge >= 0.3 is 0 Å². The van der Waals surface area contributed by atoms with Crippen molar-refractivity contribution in [2.24, 2.45) is 5.92 Å². The summed E-state index contributed by atoms with van der Waals surface area (Å²) in [6.07, 6.45) is 1.43. The molecule has 0 unspecified atom stereocenters. The molecule has 0 radical (unpaired) electrons. The first kappa shape index (κ1) is 21.8. The van der Waals surface area contributed by atoms with Gasteiger partial charge in [-0.15, -0.1) is 0 Å². The zero-order valence-corrected chi connectivity index (χ0v) is 18.0. The molecule has 1 heterocycles. The van der Waals surface area contributed by atoms with Gasteiger partial charge in [0, 0.05) is 18.7 Å². The molecule has 160 valence electrons. The number of benzene rings is 2. The van der Waals surface area contributed by atoms with Crippen molar-refractivity contribution in [2.75, 3.05) is 28.5 Å². The molecule has 2 aromatic carbocycles. The molecule has 1 fully saturated rings. The average Bonchev–Trinajstić information content (AvgIpc) is 2.72. The number of nitrogens with zero attached hydrogens (tertiary/aromatic N) is 1. The summed E-state index contributed by atoms with van der Waals surface area (Å²) < 4.78 is 26.1. The topological polar surface area (TPSA) is 95.6 Å². The highest BCUT2D eigenvalue weighted by Gasteiger charge is 2.26. The van der Waals surface area contributed by atoms with Crippen molar-refractivity contribution in [1.82, 2.24) is 5.32 Å². The quantitative estimate of drug-likeness (QED) is 0.737. The Hall–Kier alpha value is -2.87. The highest BCUT2D eigenvalue weighted by atomic mass is 32.2. The van der Waals surface area contributed by atoms with E-state index < -0.39 is 15.9 Å². The Morgan fingerprint density at radius 2 is 1.80 bits per heavy atom. The minimum absolute atomic E-state index is 0.113. The molecule has 0 saturated carbocycles. The maximum Gasteiger partial charge on any atom is 0.255 e. The van der Waals surface area contributed by atoms with Crippen molar-refractivity contribution in [3.8, 4) is 0 Å². The molecule has 30 heavy (non-hydrogen) atoms. The number of rotatable bonds is 6. The molecule has 1 aliphatic rings. The Kier molecular flexibility index (Phi) is 6.77. The summed E-state index contributed by atoms with van der Waals surface area (Å²) in [5.74, 6) is -0.241. The standard InChI is InChI=1S/C22H27N3O4S/c1-16(2)15-23-22(27)19-10-3-4-11-20(19)24-21(26)17-8-7-9-18(14-17)25-12-5-6-13-30(25,28)29/h3-4,7-11,14,16H,5-6,12-13,15H2,1-2H3,(H,23,27)(H,24,26). The molecule has 0 aromatic heterocycles. The van der Waals surface area contributed by atoms with Crippen LogP contribution in [0.3, 0.4) is 0 Å². The van der Waals surface area contributed by atoms with E-state index in [1.54, 1.807) is 48.5 Å². The van der Waals surface area contributed by atoms with Gasteiger partial charge in [-0.2, -0.15) is 0 Å². The maximum atomic E-state index is 12.8. The van der Waals surface area contributed by atoms with Gasteiger partial charge in [0.25, 0.3) is 11.8 Å². The van der Waals surface area contributed by atoms with E-state index in [2.05, 4.69) is 10.6 Å². The summed E-state index contributed by atoms with van der Waals surface area (Å²) in [7, 11) is -3.36. The third-order valence-corrected chi connectivity index (χ3v) is 6.71. The Bertz CT molecular complexity index is 1030. The Labute approximate surface area is 177 Å². The smallest absolute Gasteiger partial charge is 0.255 e. The van der Waals surface area contributed by atoms with Crippen LogP contribution in [0.5, 0.6) is 0 Å². The lowest BCUT2D eigenvalue weighted by Crippen LogP contribution is -2.37. The Balaban J connectivity index is 1.80. The van der Waals surface area contributed by atoms with Crippen LogP contribution in [0.4, 0.5) is 11.4 Å². The van der Waals surface area contributed by atoms with Crippen molar-refractivity contribution in [3.63, 3.8) is 0 Å². The van der Waals surface area contributed by atoms with E-state index in [9.17, 15) is 18.0 Å². The second-order valence-electron chi connectivity index (χ2n) is 7.75. The fraction of sp³-hybridized carbons (Fsp3) is 0.364. The van der Waals surface area contributed by atoms with Crippen molar-refractivity contribution in [2.45, 2.75) is 26.7 Å². The van der Waals surface area contributed by atoms with Crippen LogP contribution in [-0.4, -0.2) is 39.1 Å². The molecule has 0 atom stereocenters. The van der Waals surface area contributed by atoms with E-state index in [0.29, 0.717) is 47.9 Å². The van der Waals surface area contributed by atoms with Crippen LogP contribution in [0.25, 0.3) is 0 Å². The molecule has 2 amide bonds. The molecule has 0 aliphatic carbocycles. The van der Waals surface area contributed by atoms with Crippen LogP contribution in [0.1, 0.15) is 47.4 Å². The average molecular weight is 430 g/mol. The lowest BCUT2D eigenvalue weighted by molar-refractivity contribution is 0.0950. The highest BCUT2D eigenvalue weighted by molar-refractivity contribution is 7.92. The second kappa shape index (κ2) is 9.30. The molecule has 7 nitrogen and oxygen atoms in total. The van der Waals surface area contributed by atoms with Gasteiger partial charge in [0.15, 0.2) is 0 Å². The molecule has 2 N–H and O–H groups in total. The molecule has 0 bridgehead atoms. The molecule has 1 aliphatic heterocycles. The van der Waals surface area contributed by atoms with Crippen molar-refractivity contribution >= 4 is 33.2 Å². The minimum Gasteiger partial charge on any atom is -0.352 e. The van der Waals surface area contributed by atoms with Gasteiger partial charge in [-0.1, -0.05) is 32.0 Å². The molecule has 0 spiro atoms. The molecule has 8 heteroatoms. The van der Waals surface area contributed by atoms with E-state index in [1.807, 2.05) is 13.8 Å². The normalized spacial score (nSPS) is 15.6. The summed E-state index contributed by atoms with van der Waals surface area (Å²) in [4.78, 5) is 25.3.